The first-order valence-electron chi connectivity index (χ1n) is 7.69. The number of thiazole rings is 1. The Bertz CT molecular complexity index is 1070. The lowest BCUT2D eigenvalue weighted by molar-refractivity contribution is 0.425. The minimum Gasteiger partial charge on any atom is -0.444 e. The van der Waals surface area contributed by atoms with Gasteiger partial charge >= 0.3 is 7.12 Å². The van der Waals surface area contributed by atoms with Crippen LogP contribution in [0.2, 0.25) is 0 Å². The lowest BCUT2D eigenvalue weighted by Gasteiger charge is -2.13. The molecule has 4 aromatic rings. The van der Waals surface area contributed by atoms with Gasteiger partial charge in [0.2, 0.25) is 5.06 Å². The minimum absolute atomic E-state index is 0.357. The third-order valence-electron chi connectivity index (χ3n) is 3.90. The quantitative estimate of drug-likeness (QED) is 0.473. The maximum Gasteiger partial charge on any atom is 0.488 e. The van der Waals surface area contributed by atoms with Crippen molar-refractivity contribution in [2.24, 2.45) is 0 Å². The van der Waals surface area contributed by atoms with Gasteiger partial charge in [0.05, 0.1) is 29.1 Å². The zero-order valence-electron chi connectivity index (χ0n) is 13.4. The highest BCUT2D eigenvalue weighted by Crippen LogP contribution is 2.35. The van der Waals surface area contributed by atoms with Crippen LogP contribution in [0.25, 0.3) is 22.0 Å². The summed E-state index contributed by atoms with van der Waals surface area (Å²) in [5.74, 6) is 0.565. The number of hydrogen-bond donors (Lipinski definition) is 3. The van der Waals surface area contributed by atoms with E-state index in [4.69, 9.17) is 10.5 Å². The van der Waals surface area contributed by atoms with Gasteiger partial charge in [0.25, 0.3) is 0 Å². The molecule has 0 aliphatic carbocycles. The molecule has 0 unspecified atom stereocenters. The van der Waals surface area contributed by atoms with E-state index >= 15 is 0 Å². The maximum atomic E-state index is 9.52. The van der Waals surface area contributed by atoms with Gasteiger partial charge in [0.15, 0.2) is 0 Å². The van der Waals surface area contributed by atoms with Crippen LogP contribution < -0.4 is 15.9 Å². The summed E-state index contributed by atoms with van der Waals surface area (Å²) < 4.78 is 5.91. The number of fused-ring (bicyclic) bond motifs is 1. The lowest BCUT2D eigenvalue weighted by Crippen LogP contribution is -2.29. The van der Waals surface area contributed by atoms with Gasteiger partial charge in [-0.2, -0.15) is 10.2 Å². The number of ether oxygens (including phenoxy) is 1. The predicted octanol–water partition coefficient (Wildman–Crippen LogP) is 1.81. The molecule has 7 nitrogen and oxygen atoms in total. The van der Waals surface area contributed by atoms with Crippen molar-refractivity contribution in [2.75, 3.05) is 5.73 Å². The Hall–Kier alpha value is -3.01. The molecule has 2 aromatic heterocycles. The Balaban J connectivity index is 1.86. The molecule has 0 saturated heterocycles. The molecule has 4 N–H and O–H groups in total. The first kappa shape index (κ1) is 16.5. The number of aromatic nitrogens is 3. The lowest BCUT2D eigenvalue weighted by atomic mass is 9.79. The van der Waals surface area contributed by atoms with Gasteiger partial charge < -0.3 is 20.5 Å². The topological polar surface area (TPSA) is 114 Å². The SMILES string of the molecule is Nc1cnnc2cc(-c3cc(B(O)O)ccc3Oc3cncs3)ccc12. The molecule has 0 amide bonds. The predicted molar refractivity (Wildman–Crippen MR) is 101 cm³/mol. The van der Waals surface area contributed by atoms with Gasteiger partial charge in [-0.3, -0.25) is 0 Å². The molecular weight excluding hydrogens is 351 g/mol. The van der Waals surface area contributed by atoms with E-state index in [0.717, 1.165) is 10.9 Å². The summed E-state index contributed by atoms with van der Waals surface area (Å²) >= 11 is 1.37. The van der Waals surface area contributed by atoms with Gasteiger partial charge in [-0.15, -0.1) is 0 Å². The van der Waals surface area contributed by atoms with Crippen molar-refractivity contribution in [1.82, 2.24) is 15.2 Å². The highest BCUT2D eigenvalue weighted by molar-refractivity contribution is 7.11. The second-order valence-electron chi connectivity index (χ2n) is 5.58. The van der Waals surface area contributed by atoms with E-state index in [9.17, 15) is 10.0 Å². The Morgan fingerprint density at radius 3 is 2.73 bits per heavy atom. The van der Waals surface area contributed by atoms with Crippen LogP contribution in [0.4, 0.5) is 5.69 Å². The highest BCUT2D eigenvalue weighted by Gasteiger charge is 2.17. The number of nitrogens with zero attached hydrogens (tertiary/aromatic N) is 3. The molecule has 0 spiro atoms. The Morgan fingerprint density at radius 2 is 1.96 bits per heavy atom. The van der Waals surface area contributed by atoms with E-state index in [2.05, 4.69) is 15.2 Å². The van der Waals surface area contributed by atoms with Crippen LogP contribution in [0.5, 0.6) is 10.8 Å². The Kier molecular flexibility index (Phi) is 4.25. The Labute approximate surface area is 152 Å². The van der Waals surface area contributed by atoms with Crippen LogP contribution in [0.1, 0.15) is 0 Å². The molecule has 128 valence electrons. The molecule has 26 heavy (non-hydrogen) atoms. The molecule has 0 aliphatic heterocycles. The maximum absolute atomic E-state index is 9.52. The molecular formula is C17H13BN4O3S. The van der Waals surface area contributed by atoms with Crippen LogP contribution in [0.15, 0.2) is 54.3 Å². The van der Waals surface area contributed by atoms with Crippen molar-refractivity contribution in [1.29, 1.82) is 0 Å². The van der Waals surface area contributed by atoms with Gasteiger partial charge in [0, 0.05) is 10.9 Å². The third kappa shape index (κ3) is 3.10. The second-order valence-corrected chi connectivity index (χ2v) is 6.43. The molecule has 0 atom stereocenters. The van der Waals surface area contributed by atoms with Crippen molar-refractivity contribution in [2.45, 2.75) is 0 Å². The fourth-order valence-corrected chi connectivity index (χ4v) is 3.12. The first-order chi connectivity index (χ1) is 12.6. The monoisotopic (exact) mass is 364 g/mol. The highest BCUT2D eigenvalue weighted by atomic mass is 32.1. The zero-order valence-corrected chi connectivity index (χ0v) is 14.2. The number of benzene rings is 2. The first-order valence-corrected chi connectivity index (χ1v) is 8.57. The second kappa shape index (κ2) is 6.72. The van der Waals surface area contributed by atoms with Gasteiger partial charge in [-0.1, -0.05) is 29.5 Å². The summed E-state index contributed by atoms with van der Waals surface area (Å²) in [5.41, 5.74) is 10.6. The summed E-state index contributed by atoms with van der Waals surface area (Å²) in [6, 6.07) is 10.5. The van der Waals surface area contributed by atoms with Crippen LogP contribution in [-0.2, 0) is 0 Å². The standard InChI is InChI=1S/C17H13BN4O3S/c19-14-7-21-22-15-5-10(1-3-12(14)15)13-6-11(18(23)24)2-4-16(13)25-17-8-20-9-26-17/h1-9,23-24H,(H2,19,22). The van der Waals surface area contributed by atoms with Crippen LogP contribution in [0.3, 0.4) is 0 Å². The largest absolute Gasteiger partial charge is 0.488 e. The van der Waals surface area contributed by atoms with Gasteiger partial charge in [-0.05, 0) is 29.2 Å². The van der Waals surface area contributed by atoms with Gasteiger partial charge in [-0.25, -0.2) is 4.98 Å². The summed E-state index contributed by atoms with van der Waals surface area (Å²) in [4.78, 5) is 4.00. The summed E-state index contributed by atoms with van der Waals surface area (Å²) in [5, 5.41) is 28.5. The van der Waals surface area contributed by atoms with Crippen molar-refractivity contribution < 1.29 is 14.8 Å². The van der Waals surface area contributed by atoms with E-state index in [1.54, 1.807) is 29.9 Å². The number of nitrogen functional groups attached to an aromatic ring is 1. The summed E-state index contributed by atoms with van der Waals surface area (Å²) in [7, 11) is -1.58. The van der Waals surface area contributed by atoms with E-state index in [1.807, 2.05) is 18.2 Å². The smallest absolute Gasteiger partial charge is 0.444 e. The van der Waals surface area contributed by atoms with Gasteiger partial charge in [0.1, 0.15) is 5.75 Å². The average molecular weight is 364 g/mol. The van der Waals surface area contributed by atoms with Crippen LogP contribution in [-0.4, -0.2) is 32.3 Å². The fraction of sp³-hybridized carbons (Fsp3) is 0. The van der Waals surface area contributed by atoms with E-state index in [0.29, 0.717) is 33.0 Å². The van der Waals surface area contributed by atoms with Crippen molar-refractivity contribution in [3.8, 4) is 21.9 Å². The number of anilines is 1. The third-order valence-corrected chi connectivity index (χ3v) is 4.55. The molecule has 0 aliphatic rings. The van der Waals surface area contributed by atoms with Crippen molar-refractivity contribution in [3.63, 3.8) is 0 Å². The van der Waals surface area contributed by atoms with E-state index < -0.39 is 7.12 Å². The van der Waals surface area contributed by atoms with Crippen molar-refractivity contribution in [3.05, 3.63) is 54.3 Å². The Morgan fingerprint density at radius 1 is 1.08 bits per heavy atom. The number of rotatable bonds is 4. The van der Waals surface area contributed by atoms with Crippen LogP contribution >= 0.6 is 11.3 Å². The van der Waals surface area contributed by atoms with Crippen LogP contribution in [0, 0.1) is 0 Å². The van der Waals surface area contributed by atoms with E-state index in [-0.39, 0.29) is 0 Å². The summed E-state index contributed by atoms with van der Waals surface area (Å²) in [6.07, 6.45) is 3.12. The molecule has 2 heterocycles. The number of hydrogen-bond acceptors (Lipinski definition) is 8. The molecule has 9 heteroatoms. The average Bonchev–Trinajstić information content (AvgIpc) is 3.15. The molecule has 0 fully saturated rings. The molecule has 0 saturated carbocycles. The number of nitrogens with two attached hydrogens (primary N) is 1. The molecule has 0 radical (unpaired) electrons. The summed E-state index contributed by atoms with van der Waals surface area (Å²) in [6.45, 7) is 0. The van der Waals surface area contributed by atoms with E-state index in [1.165, 1.54) is 17.5 Å². The molecule has 4 rings (SSSR count). The normalized spacial score (nSPS) is 10.8. The van der Waals surface area contributed by atoms with Crippen molar-refractivity contribution >= 4 is 40.5 Å². The molecule has 2 aromatic carbocycles. The molecule has 0 bridgehead atoms. The zero-order chi connectivity index (χ0) is 18.1. The fourth-order valence-electron chi connectivity index (χ4n) is 2.63. The minimum atomic E-state index is -1.58.